The van der Waals surface area contributed by atoms with Crippen LogP contribution >= 0.6 is 15.9 Å². The third-order valence-electron chi connectivity index (χ3n) is 3.29. The molecule has 0 aliphatic heterocycles. The molecule has 0 heterocycles. The molecule has 0 amide bonds. The standard InChI is InChI=1S/C16H16BrF2N/c1-10(12-3-5-13(17)6-4-12)20-11(2)15-9-14(18)7-8-16(15)19/h3-11,20H,1-2H3/t10-,11?/m0/s1. The Labute approximate surface area is 126 Å². The molecule has 0 saturated heterocycles. The van der Waals surface area contributed by atoms with E-state index in [9.17, 15) is 8.78 Å². The predicted molar refractivity (Wildman–Crippen MR) is 80.5 cm³/mol. The first kappa shape index (κ1) is 15.1. The molecular formula is C16H16BrF2N. The number of hydrogen-bond acceptors (Lipinski definition) is 1. The van der Waals surface area contributed by atoms with Gasteiger partial charge >= 0.3 is 0 Å². The molecule has 0 saturated carbocycles. The highest BCUT2D eigenvalue weighted by molar-refractivity contribution is 9.10. The lowest BCUT2D eigenvalue weighted by atomic mass is 10.0. The fraction of sp³-hybridized carbons (Fsp3) is 0.250. The van der Waals surface area contributed by atoms with Crippen LogP contribution in [0.2, 0.25) is 0 Å². The molecule has 0 bridgehead atoms. The van der Waals surface area contributed by atoms with Crippen LogP contribution in [0, 0.1) is 11.6 Å². The fourth-order valence-corrected chi connectivity index (χ4v) is 2.42. The van der Waals surface area contributed by atoms with E-state index in [0.29, 0.717) is 5.56 Å². The summed E-state index contributed by atoms with van der Waals surface area (Å²) in [5, 5.41) is 3.28. The minimum Gasteiger partial charge on any atom is -0.304 e. The molecule has 0 aliphatic rings. The van der Waals surface area contributed by atoms with Gasteiger partial charge in [-0.3, -0.25) is 0 Å². The van der Waals surface area contributed by atoms with Crippen molar-refractivity contribution < 1.29 is 8.78 Å². The summed E-state index contributed by atoms with van der Waals surface area (Å²) < 4.78 is 27.9. The molecule has 1 N–H and O–H groups in total. The van der Waals surface area contributed by atoms with Gasteiger partial charge in [-0.05, 0) is 49.7 Å². The molecule has 20 heavy (non-hydrogen) atoms. The van der Waals surface area contributed by atoms with Crippen LogP contribution in [0.3, 0.4) is 0 Å². The third kappa shape index (κ3) is 3.64. The summed E-state index contributed by atoms with van der Waals surface area (Å²) in [6.45, 7) is 3.82. The Bertz CT molecular complexity index is 584. The van der Waals surface area contributed by atoms with E-state index in [1.165, 1.54) is 6.07 Å². The van der Waals surface area contributed by atoms with Crippen LogP contribution in [-0.4, -0.2) is 0 Å². The van der Waals surface area contributed by atoms with E-state index in [1.807, 2.05) is 38.1 Å². The molecule has 2 rings (SSSR count). The van der Waals surface area contributed by atoms with Gasteiger partial charge in [0.05, 0.1) is 0 Å². The Balaban J connectivity index is 2.12. The van der Waals surface area contributed by atoms with Crippen molar-refractivity contribution in [3.05, 3.63) is 69.7 Å². The van der Waals surface area contributed by atoms with E-state index < -0.39 is 11.6 Å². The molecule has 0 spiro atoms. The predicted octanol–water partition coefficient (Wildman–Crippen LogP) is 5.14. The number of hydrogen-bond donors (Lipinski definition) is 1. The monoisotopic (exact) mass is 339 g/mol. The zero-order chi connectivity index (χ0) is 14.7. The highest BCUT2D eigenvalue weighted by atomic mass is 79.9. The molecule has 1 unspecified atom stereocenters. The zero-order valence-electron chi connectivity index (χ0n) is 11.3. The summed E-state index contributed by atoms with van der Waals surface area (Å²) in [6.07, 6.45) is 0. The van der Waals surface area contributed by atoms with Crippen LogP contribution in [-0.2, 0) is 0 Å². The Morgan fingerprint density at radius 1 is 0.950 bits per heavy atom. The average Bonchev–Trinajstić information content (AvgIpc) is 2.42. The van der Waals surface area contributed by atoms with Crippen molar-refractivity contribution in [1.82, 2.24) is 5.32 Å². The highest BCUT2D eigenvalue weighted by Gasteiger charge is 2.15. The van der Waals surface area contributed by atoms with E-state index in [0.717, 1.165) is 22.2 Å². The Morgan fingerprint density at radius 2 is 1.60 bits per heavy atom. The van der Waals surface area contributed by atoms with Crippen LogP contribution in [0.25, 0.3) is 0 Å². The van der Waals surface area contributed by atoms with Gasteiger partial charge in [-0.2, -0.15) is 0 Å². The van der Waals surface area contributed by atoms with Gasteiger partial charge in [0.2, 0.25) is 0 Å². The Kier molecular flexibility index (Phi) is 4.89. The first-order valence-electron chi connectivity index (χ1n) is 6.44. The average molecular weight is 340 g/mol. The minimum atomic E-state index is -0.425. The first-order valence-corrected chi connectivity index (χ1v) is 7.23. The number of rotatable bonds is 4. The van der Waals surface area contributed by atoms with E-state index in [4.69, 9.17) is 0 Å². The summed E-state index contributed by atoms with van der Waals surface area (Å²) in [6, 6.07) is 11.2. The van der Waals surface area contributed by atoms with Gasteiger partial charge in [0.25, 0.3) is 0 Å². The quantitative estimate of drug-likeness (QED) is 0.813. The maximum atomic E-state index is 13.7. The lowest BCUT2D eigenvalue weighted by Gasteiger charge is -2.21. The third-order valence-corrected chi connectivity index (χ3v) is 3.82. The molecule has 106 valence electrons. The maximum Gasteiger partial charge on any atom is 0.128 e. The van der Waals surface area contributed by atoms with E-state index in [1.54, 1.807) is 0 Å². The van der Waals surface area contributed by atoms with Crippen LogP contribution in [0.1, 0.15) is 37.1 Å². The van der Waals surface area contributed by atoms with Gasteiger partial charge in [-0.15, -0.1) is 0 Å². The molecule has 0 fully saturated rings. The summed E-state index contributed by atoms with van der Waals surface area (Å²) >= 11 is 3.39. The van der Waals surface area contributed by atoms with Gasteiger partial charge in [0.15, 0.2) is 0 Å². The molecular weight excluding hydrogens is 324 g/mol. The highest BCUT2D eigenvalue weighted by Crippen LogP contribution is 2.23. The minimum absolute atomic E-state index is 0.0424. The van der Waals surface area contributed by atoms with E-state index in [2.05, 4.69) is 21.2 Å². The SMILES string of the molecule is CC(N[C@@H](C)c1ccc(Br)cc1)c1cc(F)ccc1F. The van der Waals surface area contributed by atoms with Crippen LogP contribution in [0.5, 0.6) is 0 Å². The molecule has 0 aliphatic carbocycles. The van der Waals surface area contributed by atoms with Crippen molar-refractivity contribution in [3.8, 4) is 0 Å². The van der Waals surface area contributed by atoms with E-state index >= 15 is 0 Å². The molecule has 2 aromatic carbocycles. The van der Waals surface area contributed by atoms with Gasteiger partial charge in [-0.1, -0.05) is 28.1 Å². The fourth-order valence-electron chi connectivity index (χ4n) is 2.16. The molecule has 1 nitrogen and oxygen atoms in total. The van der Waals surface area contributed by atoms with Gasteiger partial charge in [-0.25, -0.2) is 8.78 Å². The van der Waals surface area contributed by atoms with E-state index in [-0.39, 0.29) is 12.1 Å². The summed E-state index contributed by atoms with van der Waals surface area (Å²) in [4.78, 5) is 0. The molecule has 0 aromatic heterocycles. The zero-order valence-corrected chi connectivity index (χ0v) is 12.9. The van der Waals surface area contributed by atoms with Crippen molar-refractivity contribution in [1.29, 1.82) is 0 Å². The first-order chi connectivity index (χ1) is 9.47. The van der Waals surface area contributed by atoms with Gasteiger partial charge < -0.3 is 5.32 Å². The topological polar surface area (TPSA) is 12.0 Å². The van der Waals surface area contributed by atoms with Crippen molar-refractivity contribution in [2.75, 3.05) is 0 Å². The van der Waals surface area contributed by atoms with Crippen LogP contribution in [0.4, 0.5) is 8.78 Å². The summed E-state index contributed by atoms with van der Waals surface area (Å²) in [7, 11) is 0. The van der Waals surface area contributed by atoms with Crippen LogP contribution < -0.4 is 5.32 Å². The normalized spacial score (nSPS) is 14.1. The second-order valence-electron chi connectivity index (χ2n) is 4.83. The smallest absolute Gasteiger partial charge is 0.128 e. The number of nitrogens with one attached hydrogen (secondary N) is 1. The summed E-state index contributed by atoms with van der Waals surface area (Å²) in [5.41, 5.74) is 1.44. The largest absolute Gasteiger partial charge is 0.304 e. The number of benzene rings is 2. The van der Waals surface area contributed by atoms with Crippen molar-refractivity contribution in [2.45, 2.75) is 25.9 Å². The molecule has 2 aromatic rings. The number of halogens is 3. The van der Waals surface area contributed by atoms with Gasteiger partial charge in [0, 0.05) is 22.1 Å². The van der Waals surface area contributed by atoms with Crippen molar-refractivity contribution >= 4 is 15.9 Å². The summed E-state index contributed by atoms with van der Waals surface area (Å²) in [5.74, 6) is -0.819. The molecule has 4 heteroatoms. The Hall–Kier alpha value is -1.26. The lowest BCUT2D eigenvalue weighted by molar-refractivity contribution is 0.470. The van der Waals surface area contributed by atoms with Gasteiger partial charge in [0.1, 0.15) is 11.6 Å². The molecule has 2 atom stereocenters. The molecule has 0 radical (unpaired) electrons. The second-order valence-corrected chi connectivity index (χ2v) is 5.74. The Morgan fingerprint density at radius 3 is 2.25 bits per heavy atom. The second kappa shape index (κ2) is 6.46. The maximum absolute atomic E-state index is 13.7. The lowest BCUT2D eigenvalue weighted by Crippen LogP contribution is -2.23. The van der Waals surface area contributed by atoms with Crippen LogP contribution in [0.15, 0.2) is 46.9 Å². The van der Waals surface area contributed by atoms with Crippen molar-refractivity contribution in [3.63, 3.8) is 0 Å². The van der Waals surface area contributed by atoms with Crippen molar-refractivity contribution in [2.24, 2.45) is 0 Å².